The molecule has 4 heteroatoms. The SMILES string of the molecule is CCNC(Cc1ccccn1)c1cncc(OCC)c1. The van der Waals surface area contributed by atoms with E-state index < -0.39 is 0 Å². The van der Waals surface area contributed by atoms with Gasteiger partial charge in [0.15, 0.2) is 0 Å². The third-order valence-electron chi connectivity index (χ3n) is 3.04. The predicted octanol–water partition coefficient (Wildman–Crippen LogP) is 2.77. The lowest BCUT2D eigenvalue weighted by atomic mass is 10.0. The van der Waals surface area contributed by atoms with E-state index in [2.05, 4.69) is 22.2 Å². The second-order valence-electron chi connectivity index (χ2n) is 4.52. The molecule has 1 atom stereocenters. The van der Waals surface area contributed by atoms with Gasteiger partial charge < -0.3 is 10.1 Å². The first kappa shape index (κ1) is 14.5. The fraction of sp³-hybridized carbons (Fsp3) is 0.375. The van der Waals surface area contributed by atoms with Crippen molar-refractivity contribution in [3.8, 4) is 5.75 Å². The number of pyridine rings is 2. The zero-order valence-electron chi connectivity index (χ0n) is 12.0. The van der Waals surface area contributed by atoms with Crippen LogP contribution in [0.1, 0.15) is 31.1 Å². The average molecular weight is 271 g/mol. The Balaban J connectivity index is 2.17. The standard InChI is InChI=1S/C16H21N3O/c1-3-18-16(10-14-7-5-6-8-19-14)13-9-15(20-4-2)12-17-11-13/h5-9,11-12,16,18H,3-4,10H2,1-2H3. The van der Waals surface area contributed by atoms with E-state index in [0.717, 1.165) is 30.0 Å². The molecule has 106 valence electrons. The monoisotopic (exact) mass is 271 g/mol. The molecule has 0 saturated heterocycles. The van der Waals surface area contributed by atoms with Crippen LogP contribution in [0.25, 0.3) is 0 Å². The molecule has 0 aliphatic rings. The van der Waals surface area contributed by atoms with Crippen molar-refractivity contribution in [2.75, 3.05) is 13.2 Å². The number of hydrogen-bond donors (Lipinski definition) is 1. The lowest BCUT2D eigenvalue weighted by molar-refractivity contribution is 0.337. The summed E-state index contributed by atoms with van der Waals surface area (Å²) in [6.45, 7) is 5.63. The van der Waals surface area contributed by atoms with Crippen LogP contribution in [0.2, 0.25) is 0 Å². The van der Waals surface area contributed by atoms with Crippen molar-refractivity contribution in [3.05, 3.63) is 54.1 Å². The van der Waals surface area contributed by atoms with Gasteiger partial charge in [0.1, 0.15) is 5.75 Å². The largest absolute Gasteiger partial charge is 0.492 e. The topological polar surface area (TPSA) is 47.0 Å². The fourth-order valence-corrected chi connectivity index (χ4v) is 2.15. The normalized spacial score (nSPS) is 12.1. The lowest BCUT2D eigenvalue weighted by Crippen LogP contribution is -2.23. The van der Waals surface area contributed by atoms with Crippen LogP contribution in [0.3, 0.4) is 0 Å². The molecule has 0 saturated carbocycles. The maximum absolute atomic E-state index is 5.52. The molecule has 2 aromatic rings. The van der Waals surface area contributed by atoms with Crippen LogP contribution < -0.4 is 10.1 Å². The zero-order valence-corrected chi connectivity index (χ0v) is 12.0. The third-order valence-corrected chi connectivity index (χ3v) is 3.04. The van der Waals surface area contributed by atoms with Crippen molar-refractivity contribution < 1.29 is 4.74 Å². The Hall–Kier alpha value is -1.94. The van der Waals surface area contributed by atoms with Crippen LogP contribution in [-0.4, -0.2) is 23.1 Å². The van der Waals surface area contributed by atoms with Gasteiger partial charge in [-0.3, -0.25) is 9.97 Å². The molecule has 1 unspecified atom stereocenters. The predicted molar refractivity (Wildman–Crippen MR) is 79.8 cm³/mol. The van der Waals surface area contributed by atoms with E-state index in [1.165, 1.54) is 0 Å². The van der Waals surface area contributed by atoms with Gasteiger partial charge in [0.25, 0.3) is 0 Å². The van der Waals surface area contributed by atoms with Crippen LogP contribution in [0, 0.1) is 0 Å². The molecular formula is C16H21N3O. The first-order chi connectivity index (χ1) is 9.83. The number of nitrogens with zero attached hydrogens (tertiary/aromatic N) is 2. The van der Waals surface area contributed by atoms with Crippen LogP contribution in [0.15, 0.2) is 42.9 Å². The summed E-state index contributed by atoms with van der Waals surface area (Å²) in [5.74, 6) is 0.814. The smallest absolute Gasteiger partial charge is 0.137 e. The van der Waals surface area contributed by atoms with Crippen molar-refractivity contribution in [2.24, 2.45) is 0 Å². The third kappa shape index (κ3) is 4.03. The van der Waals surface area contributed by atoms with Gasteiger partial charge in [0.2, 0.25) is 0 Å². The Kier molecular flexibility index (Phi) is 5.50. The van der Waals surface area contributed by atoms with E-state index in [4.69, 9.17) is 4.74 Å². The van der Waals surface area contributed by atoms with Gasteiger partial charge in [-0.05, 0) is 37.2 Å². The first-order valence-corrected chi connectivity index (χ1v) is 7.04. The first-order valence-electron chi connectivity index (χ1n) is 7.04. The van der Waals surface area contributed by atoms with Gasteiger partial charge >= 0.3 is 0 Å². The molecule has 0 aliphatic heterocycles. The van der Waals surface area contributed by atoms with Crippen molar-refractivity contribution in [3.63, 3.8) is 0 Å². The molecule has 1 N–H and O–H groups in total. The zero-order chi connectivity index (χ0) is 14.2. The summed E-state index contributed by atoms with van der Waals surface area (Å²) < 4.78 is 5.52. The Labute approximate surface area is 120 Å². The van der Waals surface area contributed by atoms with E-state index >= 15 is 0 Å². The molecule has 0 aromatic carbocycles. The van der Waals surface area contributed by atoms with Gasteiger partial charge in [-0.15, -0.1) is 0 Å². The molecular weight excluding hydrogens is 250 g/mol. The molecule has 2 rings (SSSR count). The number of ether oxygens (including phenoxy) is 1. The van der Waals surface area contributed by atoms with Crippen LogP contribution in [0.4, 0.5) is 0 Å². The highest BCUT2D eigenvalue weighted by atomic mass is 16.5. The Morgan fingerprint density at radius 1 is 1.25 bits per heavy atom. The summed E-state index contributed by atoms with van der Waals surface area (Å²) in [6.07, 6.45) is 6.30. The number of hydrogen-bond acceptors (Lipinski definition) is 4. The number of nitrogens with one attached hydrogen (secondary N) is 1. The molecule has 4 nitrogen and oxygen atoms in total. The molecule has 0 fully saturated rings. The van der Waals surface area contributed by atoms with Crippen LogP contribution >= 0.6 is 0 Å². The van der Waals surface area contributed by atoms with Gasteiger partial charge in [0.05, 0.1) is 12.8 Å². The van der Waals surface area contributed by atoms with E-state index in [1.54, 1.807) is 6.20 Å². The highest BCUT2D eigenvalue weighted by Crippen LogP contribution is 2.20. The molecule has 2 heterocycles. The van der Waals surface area contributed by atoms with Gasteiger partial charge in [0, 0.05) is 30.6 Å². The van der Waals surface area contributed by atoms with Crippen molar-refractivity contribution in [1.29, 1.82) is 0 Å². The van der Waals surface area contributed by atoms with Gasteiger partial charge in [-0.25, -0.2) is 0 Å². The lowest BCUT2D eigenvalue weighted by Gasteiger charge is -2.18. The molecule has 0 bridgehead atoms. The van der Waals surface area contributed by atoms with Gasteiger partial charge in [-0.2, -0.15) is 0 Å². The average Bonchev–Trinajstić information content (AvgIpc) is 2.49. The molecule has 0 radical (unpaired) electrons. The number of rotatable bonds is 7. The van der Waals surface area contributed by atoms with E-state index in [9.17, 15) is 0 Å². The van der Waals surface area contributed by atoms with Crippen LogP contribution in [0.5, 0.6) is 5.75 Å². The maximum atomic E-state index is 5.52. The van der Waals surface area contributed by atoms with Crippen molar-refractivity contribution in [1.82, 2.24) is 15.3 Å². The highest BCUT2D eigenvalue weighted by molar-refractivity contribution is 5.27. The minimum atomic E-state index is 0.197. The Morgan fingerprint density at radius 2 is 2.15 bits per heavy atom. The van der Waals surface area contributed by atoms with Crippen LogP contribution in [-0.2, 0) is 6.42 Å². The number of aromatic nitrogens is 2. The maximum Gasteiger partial charge on any atom is 0.137 e. The fourth-order valence-electron chi connectivity index (χ4n) is 2.15. The van der Waals surface area contributed by atoms with Crippen molar-refractivity contribution in [2.45, 2.75) is 26.3 Å². The molecule has 2 aromatic heterocycles. The molecule has 20 heavy (non-hydrogen) atoms. The summed E-state index contributed by atoms with van der Waals surface area (Å²) in [5, 5.41) is 3.48. The second kappa shape index (κ2) is 7.60. The van der Waals surface area contributed by atoms with E-state index in [-0.39, 0.29) is 6.04 Å². The minimum absolute atomic E-state index is 0.197. The summed E-state index contributed by atoms with van der Waals surface area (Å²) in [5.41, 5.74) is 2.20. The molecule has 0 amide bonds. The quantitative estimate of drug-likeness (QED) is 0.841. The summed E-state index contributed by atoms with van der Waals surface area (Å²) in [4.78, 5) is 8.66. The minimum Gasteiger partial charge on any atom is -0.492 e. The Bertz CT molecular complexity index is 516. The van der Waals surface area contributed by atoms with Gasteiger partial charge in [-0.1, -0.05) is 13.0 Å². The second-order valence-corrected chi connectivity index (χ2v) is 4.52. The summed E-state index contributed by atoms with van der Waals surface area (Å²) in [6, 6.07) is 8.24. The highest BCUT2D eigenvalue weighted by Gasteiger charge is 2.13. The molecule has 0 spiro atoms. The van der Waals surface area contributed by atoms with Crippen molar-refractivity contribution >= 4 is 0 Å². The van der Waals surface area contributed by atoms with E-state index in [0.29, 0.717) is 6.61 Å². The Morgan fingerprint density at radius 3 is 2.85 bits per heavy atom. The summed E-state index contributed by atoms with van der Waals surface area (Å²) in [7, 11) is 0. The molecule has 0 aliphatic carbocycles. The number of likely N-dealkylation sites (N-methyl/N-ethyl adjacent to an activating group) is 1. The summed E-state index contributed by atoms with van der Waals surface area (Å²) >= 11 is 0. The van der Waals surface area contributed by atoms with E-state index in [1.807, 2.05) is 43.6 Å².